The normalized spacial score (nSPS) is 21.8. The molecule has 3 rings (SSSR count). The summed E-state index contributed by atoms with van der Waals surface area (Å²) in [5.74, 6) is 0.326. The monoisotopic (exact) mass is 348 g/mol. The van der Waals surface area contributed by atoms with Crippen molar-refractivity contribution in [1.82, 2.24) is 9.80 Å². The number of benzene rings is 1. The molecule has 2 aliphatic rings. The first-order valence-electron chi connectivity index (χ1n) is 8.17. The number of carbonyl (C=O) groups excluding carboxylic acids is 1. The number of carbonyl (C=O) groups is 1. The number of nitrogens with zero attached hydrogens (tertiary/aromatic N) is 4. The first kappa shape index (κ1) is 17.2. The van der Waals surface area contributed by atoms with Gasteiger partial charge in [-0.05, 0) is 12.0 Å². The van der Waals surface area contributed by atoms with Gasteiger partial charge in [0.1, 0.15) is 11.7 Å². The maximum absolute atomic E-state index is 12.3. The van der Waals surface area contributed by atoms with E-state index in [2.05, 4.69) is 5.10 Å². The van der Waals surface area contributed by atoms with Gasteiger partial charge < -0.3 is 14.4 Å². The average Bonchev–Trinajstić information content (AvgIpc) is 3.24. The number of amides is 1. The molecule has 2 saturated heterocycles. The maximum atomic E-state index is 12.3. The fraction of sp³-hybridized carbons (Fsp3) is 0.500. The summed E-state index contributed by atoms with van der Waals surface area (Å²) in [5, 5.41) is 13.5. The summed E-state index contributed by atoms with van der Waals surface area (Å²) in [4.78, 5) is 26.2. The van der Waals surface area contributed by atoms with Crippen LogP contribution in [0.25, 0.3) is 0 Å². The highest BCUT2D eigenvalue weighted by molar-refractivity contribution is 5.95. The highest BCUT2D eigenvalue weighted by Gasteiger charge is 2.36. The summed E-state index contributed by atoms with van der Waals surface area (Å²) in [7, 11) is 0. The van der Waals surface area contributed by atoms with Crippen molar-refractivity contribution in [3.05, 3.63) is 46.0 Å². The average molecular weight is 348 g/mol. The fourth-order valence-corrected chi connectivity index (χ4v) is 2.96. The van der Waals surface area contributed by atoms with Gasteiger partial charge in [0.25, 0.3) is 5.96 Å². The number of hydrogen-bond donors (Lipinski definition) is 0. The summed E-state index contributed by atoms with van der Waals surface area (Å²) < 4.78 is 10.6. The summed E-state index contributed by atoms with van der Waals surface area (Å²) in [6.45, 7) is 2.81. The zero-order valence-electron chi connectivity index (χ0n) is 13.7. The van der Waals surface area contributed by atoms with Gasteiger partial charge in [0.15, 0.2) is 5.03 Å². The molecule has 1 aromatic carbocycles. The Morgan fingerprint density at radius 2 is 2.16 bits per heavy atom. The van der Waals surface area contributed by atoms with E-state index in [1.807, 2.05) is 30.3 Å². The van der Waals surface area contributed by atoms with Crippen molar-refractivity contribution in [2.24, 2.45) is 11.0 Å². The first-order valence-corrected chi connectivity index (χ1v) is 8.17. The number of nitro groups is 1. The standard InChI is InChI=1S/C16H20N4O5/c21-16(25-12-13-4-2-1-3-5-13)19-8-7-18(15(19)17-20(22)23)10-14-6-9-24-11-14/h1-5,14H,6-12H2. The second-order valence-electron chi connectivity index (χ2n) is 6.01. The molecule has 134 valence electrons. The molecule has 0 radical (unpaired) electrons. The van der Waals surface area contributed by atoms with Gasteiger partial charge in [-0.3, -0.25) is 0 Å². The largest absolute Gasteiger partial charge is 0.444 e. The maximum Gasteiger partial charge on any atom is 0.417 e. The molecular formula is C16H20N4O5. The number of guanidine groups is 1. The van der Waals surface area contributed by atoms with Crippen LogP contribution in [-0.4, -0.2) is 59.7 Å². The molecule has 2 aliphatic heterocycles. The van der Waals surface area contributed by atoms with E-state index < -0.39 is 11.1 Å². The molecular weight excluding hydrogens is 328 g/mol. The molecule has 1 amide bonds. The Morgan fingerprint density at radius 1 is 1.36 bits per heavy atom. The van der Waals surface area contributed by atoms with E-state index >= 15 is 0 Å². The minimum absolute atomic E-state index is 0.0370. The van der Waals surface area contributed by atoms with Crippen LogP contribution in [-0.2, 0) is 16.1 Å². The number of rotatable bonds is 5. The lowest BCUT2D eigenvalue weighted by Gasteiger charge is -2.21. The van der Waals surface area contributed by atoms with Crippen molar-refractivity contribution in [3.8, 4) is 0 Å². The third kappa shape index (κ3) is 4.44. The van der Waals surface area contributed by atoms with E-state index in [1.54, 1.807) is 4.90 Å². The second-order valence-corrected chi connectivity index (χ2v) is 6.01. The molecule has 0 saturated carbocycles. The van der Waals surface area contributed by atoms with E-state index in [1.165, 1.54) is 4.90 Å². The van der Waals surface area contributed by atoms with Crippen molar-refractivity contribution in [3.63, 3.8) is 0 Å². The van der Waals surface area contributed by atoms with Gasteiger partial charge in [0, 0.05) is 25.6 Å². The van der Waals surface area contributed by atoms with Gasteiger partial charge in [-0.15, -0.1) is 0 Å². The van der Waals surface area contributed by atoms with Crippen LogP contribution in [0.5, 0.6) is 0 Å². The Labute approximate surface area is 144 Å². The Balaban J connectivity index is 1.64. The smallest absolute Gasteiger partial charge is 0.417 e. The molecule has 0 N–H and O–H groups in total. The summed E-state index contributed by atoms with van der Waals surface area (Å²) in [6, 6.07) is 9.26. The van der Waals surface area contributed by atoms with E-state index in [4.69, 9.17) is 9.47 Å². The Morgan fingerprint density at radius 3 is 2.84 bits per heavy atom. The van der Waals surface area contributed by atoms with Crippen LogP contribution in [0.15, 0.2) is 35.4 Å². The molecule has 0 aromatic heterocycles. The molecule has 9 heteroatoms. The highest BCUT2D eigenvalue weighted by atomic mass is 16.7. The molecule has 1 atom stereocenters. The Hall–Kier alpha value is -2.68. The van der Waals surface area contributed by atoms with Crippen LogP contribution in [0.3, 0.4) is 0 Å². The van der Waals surface area contributed by atoms with E-state index in [9.17, 15) is 14.9 Å². The van der Waals surface area contributed by atoms with Crippen LogP contribution in [0.2, 0.25) is 0 Å². The van der Waals surface area contributed by atoms with Gasteiger partial charge in [0.2, 0.25) is 0 Å². The van der Waals surface area contributed by atoms with E-state index in [0.717, 1.165) is 12.0 Å². The van der Waals surface area contributed by atoms with Gasteiger partial charge in [-0.2, -0.15) is 0 Å². The molecule has 0 aliphatic carbocycles. The zero-order valence-corrected chi connectivity index (χ0v) is 13.7. The molecule has 0 spiro atoms. The van der Waals surface area contributed by atoms with Gasteiger partial charge in [-0.25, -0.2) is 19.8 Å². The van der Waals surface area contributed by atoms with Crippen LogP contribution >= 0.6 is 0 Å². The van der Waals surface area contributed by atoms with E-state index in [0.29, 0.717) is 32.8 Å². The molecule has 0 bridgehead atoms. The molecule has 9 nitrogen and oxygen atoms in total. The van der Waals surface area contributed by atoms with Crippen LogP contribution < -0.4 is 0 Å². The summed E-state index contributed by atoms with van der Waals surface area (Å²) in [6.07, 6.45) is 0.273. The Bertz CT molecular complexity index is 645. The van der Waals surface area contributed by atoms with Crippen molar-refractivity contribution in [1.29, 1.82) is 0 Å². The molecule has 2 fully saturated rings. The minimum Gasteiger partial charge on any atom is -0.444 e. The highest BCUT2D eigenvalue weighted by Crippen LogP contribution is 2.19. The lowest BCUT2D eigenvalue weighted by Crippen LogP contribution is -2.40. The zero-order chi connectivity index (χ0) is 17.6. The summed E-state index contributed by atoms with van der Waals surface area (Å²) in [5.41, 5.74) is 0.850. The number of ether oxygens (including phenoxy) is 2. The minimum atomic E-state index is -0.781. The lowest BCUT2D eigenvalue weighted by molar-refractivity contribution is -0.486. The van der Waals surface area contributed by atoms with Crippen LogP contribution in [0.1, 0.15) is 12.0 Å². The first-order chi connectivity index (χ1) is 12.1. The predicted molar refractivity (Wildman–Crippen MR) is 88.3 cm³/mol. The summed E-state index contributed by atoms with van der Waals surface area (Å²) >= 11 is 0. The number of hydrogen-bond acceptors (Lipinski definition) is 5. The van der Waals surface area contributed by atoms with Crippen molar-refractivity contribution >= 4 is 12.1 Å². The number of hydrazone groups is 1. The van der Waals surface area contributed by atoms with Gasteiger partial charge >= 0.3 is 6.09 Å². The van der Waals surface area contributed by atoms with Gasteiger partial charge in [-0.1, -0.05) is 30.3 Å². The quantitative estimate of drug-likeness (QED) is 0.591. The third-order valence-electron chi connectivity index (χ3n) is 4.22. The van der Waals surface area contributed by atoms with Crippen LogP contribution in [0.4, 0.5) is 4.79 Å². The molecule has 25 heavy (non-hydrogen) atoms. The SMILES string of the molecule is O=C(OCc1ccccc1)N1CCN(CC2CCOC2)C1=N[N+](=O)[O-]. The lowest BCUT2D eigenvalue weighted by atomic mass is 10.1. The van der Waals surface area contributed by atoms with Crippen molar-refractivity contribution in [2.45, 2.75) is 13.0 Å². The van der Waals surface area contributed by atoms with Crippen molar-refractivity contribution < 1.29 is 19.3 Å². The molecule has 1 aromatic rings. The Kier molecular flexibility index (Phi) is 5.44. The molecule has 2 heterocycles. The second kappa shape index (κ2) is 7.93. The predicted octanol–water partition coefficient (Wildman–Crippen LogP) is 1.53. The molecule has 1 unspecified atom stereocenters. The topological polar surface area (TPSA) is 97.5 Å². The third-order valence-corrected chi connectivity index (χ3v) is 4.22. The van der Waals surface area contributed by atoms with Crippen molar-refractivity contribution in [2.75, 3.05) is 32.8 Å². The van der Waals surface area contributed by atoms with E-state index in [-0.39, 0.29) is 18.5 Å². The van der Waals surface area contributed by atoms with Gasteiger partial charge in [0.05, 0.1) is 13.2 Å². The fourth-order valence-electron chi connectivity index (χ4n) is 2.96. The van der Waals surface area contributed by atoms with Crippen LogP contribution in [0, 0.1) is 16.0 Å².